The zero-order chi connectivity index (χ0) is 19.2. The first-order valence-corrected chi connectivity index (χ1v) is 8.66. The lowest BCUT2D eigenvalue weighted by atomic mass is 9.75. The maximum atomic E-state index is 13.7. The standard InChI is InChI=1S/C18H23F4NO3/c1-16(25)6-9-26-17(15(16)24)4-7-23(8-5-17)11-12-2-3-13(14(19)10-12)18(20,21)22/h2-3,10,15,24-25H,4-9,11H2,1H3/t15-,16+/m0/s1. The fourth-order valence-electron chi connectivity index (χ4n) is 3.90. The Morgan fingerprint density at radius 1 is 1.23 bits per heavy atom. The quantitative estimate of drug-likeness (QED) is 0.779. The predicted molar refractivity (Wildman–Crippen MR) is 85.8 cm³/mol. The number of hydrogen-bond acceptors (Lipinski definition) is 4. The van der Waals surface area contributed by atoms with E-state index in [-0.39, 0.29) is 0 Å². The average Bonchev–Trinajstić information content (AvgIpc) is 2.53. The molecule has 0 saturated carbocycles. The van der Waals surface area contributed by atoms with Crippen molar-refractivity contribution >= 4 is 0 Å². The Labute approximate surface area is 149 Å². The Hall–Kier alpha value is -1.22. The lowest BCUT2D eigenvalue weighted by Gasteiger charge is -2.51. The van der Waals surface area contributed by atoms with E-state index >= 15 is 0 Å². The summed E-state index contributed by atoms with van der Waals surface area (Å²) < 4.78 is 57.4. The van der Waals surface area contributed by atoms with Crippen molar-refractivity contribution in [2.45, 2.75) is 56.2 Å². The topological polar surface area (TPSA) is 52.9 Å². The molecule has 8 heteroatoms. The molecule has 1 aromatic rings. The number of aliphatic hydroxyl groups is 2. The molecule has 2 fully saturated rings. The van der Waals surface area contributed by atoms with Crippen molar-refractivity contribution < 1.29 is 32.5 Å². The van der Waals surface area contributed by atoms with Crippen LogP contribution in [-0.4, -0.2) is 52.1 Å². The average molecular weight is 377 g/mol. The van der Waals surface area contributed by atoms with Crippen molar-refractivity contribution in [1.82, 2.24) is 4.90 Å². The molecule has 26 heavy (non-hydrogen) atoms. The van der Waals surface area contributed by atoms with Crippen molar-refractivity contribution in [1.29, 1.82) is 0 Å². The zero-order valence-electron chi connectivity index (χ0n) is 14.5. The van der Waals surface area contributed by atoms with Gasteiger partial charge in [-0.3, -0.25) is 4.90 Å². The summed E-state index contributed by atoms with van der Waals surface area (Å²) in [7, 11) is 0. The molecule has 2 N–H and O–H groups in total. The molecule has 0 amide bonds. The molecule has 0 unspecified atom stereocenters. The van der Waals surface area contributed by atoms with Crippen LogP contribution in [0.2, 0.25) is 0 Å². The molecule has 146 valence electrons. The number of nitrogens with zero attached hydrogens (tertiary/aromatic N) is 1. The first kappa shape index (κ1) is 19.5. The summed E-state index contributed by atoms with van der Waals surface area (Å²) in [6.07, 6.45) is -4.34. The normalized spacial score (nSPS) is 29.9. The molecule has 0 radical (unpaired) electrons. The van der Waals surface area contributed by atoms with E-state index in [4.69, 9.17) is 4.74 Å². The minimum Gasteiger partial charge on any atom is -0.387 e. The minimum atomic E-state index is -4.70. The van der Waals surface area contributed by atoms with Crippen LogP contribution in [0, 0.1) is 5.82 Å². The van der Waals surface area contributed by atoms with Crippen molar-refractivity contribution in [2.75, 3.05) is 19.7 Å². The summed E-state index contributed by atoms with van der Waals surface area (Å²) in [6.45, 7) is 3.36. The van der Waals surface area contributed by atoms with Crippen molar-refractivity contribution in [3.8, 4) is 0 Å². The van der Waals surface area contributed by atoms with Gasteiger partial charge in [-0.2, -0.15) is 13.2 Å². The van der Waals surface area contributed by atoms with Crippen LogP contribution in [0.25, 0.3) is 0 Å². The van der Waals surface area contributed by atoms with E-state index in [9.17, 15) is 27.8 Å². The molecule has 0 bridgehead atoms. The second-order valence-corrected chi connectivity index (χ2v) is 7.51. The minimum absolute atomic E-state index is 0.317. The van der Waals surface area contributed by atoms with Crippen LogP contribution in [0.3, 0.4) is 0 Å². The van der Waals surface area contributed by atoms with Gasteiger partial charge in [0.1, 0.15) is 11.9 Å². The number of halogens is 4. The Morgan fingerprint density at radius 3 is 2.46 bits per heavy atom. The number of likely N-dealkylation sites (tertiary alicyclic amines) is 1. The zero-order valence-corrected chi connectivity index (χ0v) is 14.5. The molecule has 2 aliphatic rings. The van der Waals surface area contributed by atoms with Crippen LogP contribution in [0.15, 0.2) is 18.2 Å². The van der Waals surface area contributed by atoms with Gasteiger partial charge in [0.15, 0.2) is 0 Å². The molecular weight excluding hydrogens is 354 g/mol. The van der Waals surface area contributed by atoms with Crippen LogP contribution >= 0.6 is 0 Å². The third-order valence-electron chi connectivity index (χ3n) is 5.53. The van der Waals surface area contributed by atoms with Gasteiger partial charge in [-0.1, -0.05) is 6.07 Å². The van der Waals surface area contributed by atoms with E-state index in [1.807, 2.05) is 4.90 Å². The largest absolute Gasteiger partial charge is 0.419 e. The van der Waals surface area contributed by atoms with Gasteiger partial charge < -0.3 is 14.9 Å². The maximum absolute atomic E-state index is 13.7. The Morgan fingerprint density at radius 2 is 1.88 bits per heavy atom. The fourth-order valence-corrected chi connectivity index (χ4v) is 3.90. The van der Waals surface area contributed by atoms with E-state index in [2.05, 4.69) is 0 Å². The second-order valence-electron chi connectivity index (χ2n) is 7.51. The molecule has 0 aliphatic carbocycles. The van der Waals surface area contributed by atoms with E-state index in [0.29, 0.717) is 51.1 Å². The molecular formula is C18H23F4NO3. The van der Waals surface area contributed by atoms with Crippen LogP contribution < -0.4 is 0 Å². The number of benzene rings is 1. The number of ether oxygens (including phenoxy) is 1. The van der Waals surface area contributed by atoms with Gasteiger partial charge in [0, 0.05) is 26.1 Å². The van der Waals surface area contributed by atoms with Crippen molar-refractivity contribution in [2.24, 2.45) is 0 Å². The van der Waals surface area contributed by atoms with Crippen LogP contribution in [-0.2, 0) is 17.5 Å². The second kappa shape index (κ2) is 6.74. The molecule has 1 aromatic carbocycles. The van der Waals surface area contributed by atoms with Crippen molar-refractivity contribution in [3.63, 3.8) is 0 Å². The smallest absolute Gasteiger partial charge is 0.387 e. The first-order chi connectivity index (χ1) is 12.0. The summed E-state index contributed by atoms with van der Waals surface area (Å²) in [5, 5.41) is 20.8. The fraction of sp³-hybridized carbons (Fsp3) is 0.667. The van der Waals surface area contributed by atoms with E-state index in [0.717, 1.165) is 12.1 Å². The summed E-state index contributed by atoms with van der Waals surface area (Å²) >= 11 is 0. The van der Waals surface area contributed by atoms with E-state index < -0.39 is 34.9 Å². The molecule has 1 spiro atoms. The first-order valence-electron chi connectivity index (χ1n) is 8.66. The SMILES string of the molecule is C[C@@]1(O)CCOC2(CCN(Cc3ccc(C(F)(F)F)c(F)c3)CC2)[C@H]1O. The molecule has 4 nitrogen and oxygen atoms in total. The Kier molecular flexibility index (Phi) is 5.07. The highest BCUT2D eigenvalue weighted by Crippen LogP contribution is 2.40. The van der Waals surface area contributed by atoms with Gasteiger partial charge in [0.25, 0.3) is 0 Å². The van der Waals surface area contributed by atoms with Crippen LogP contribution in [0.1, 0.15) is 37.3 Å². The maximum Gasteiger partial charge on any atom is 0.419 e. The van der Waals surface area contributed by atoms with Gasteiger partial charge in [-0.15, -0.1) is 0 Å². The third kappa shape index (κ3) is 3.74. The summed E-state index contributed by atoms with van der Waals surface area (Å²) in [5.41, 5.74) is -2.80. The number of aliphatic hydroxyl groups excluding tert-OH is 1. The van der Waals surface area contributed by atoms with E-state index in [1.165, 1.54) is 6.07 Å². The number of piperidine rings is 1. The number of rotatable bonds is 2. The monoisotopic (exact) mass is 377 g/mol. The molecule has 2 aliphatic heterocycles. The Balaban J connectivity index is 1.64. The van der Waals surface area contributed by atoms with Gasteiger partial charge in [-0.25, -0.2) is 4.39 Å². The molecule has 3 rings (SSSR count). The molecule has 0 aromatic heterocycles. The summed E-state index contributed by atoms with van der Waals surface area (Å²) in [6, 6.07) is 2.97. The van der Waals surface area contributed by atoms with Gasteiger partial charge in [0.05, 0.1) is 23.4 Å². The van der Waals surface area contributed by atoms with Gasteiger partial charge in [0.2, 0.25) is 0 Å². The Bertz CT molecular complexity index is 654. The summed E-state index contributed by atoms with van der Waals surface area (Å²) in [5.74, 6) is -1.27. The lowest BCUT2D eigenvalue weighted by Crippen LogP contribution is -2.64. The molecule has 2 saturated heterocycles. The highest BCUT2D eigenvalue weighted by Gasteiger charge is 2.52. The van der Waals surface area contributed by atoms with Crippen molar-refractivity contribution in [3.05, 3.63) is 35.1 Å². The van der Waals surface area contributed by atoms with Gasteiger partial charge in [-0.05, 0) is 37.5 Å². The molecule has 2 heterocycles. The predicted octanol–water partition coefficient (Wildman–Crippen LogP) is 2.71. The highest BCUT2D eigenvalue weighted by atomic mass is 19.4. The van der Waals surface area contributed by atoms with Crippen LogP contribution in [0.5, 0.6) is 0 Å². The highest BCUT2D eigenvalue weighted by molar-refractivity contribution is 5.26. The third-order valence-corrected chi connectivity index (χ3v) is 5.53. The van der Waals surface area contributed by atoms with Gasteiger partial charge >= 0.3 is 6.18 Å². The molecule has 2 atom stereocenters. The van der Waals surface area contributed by atoms with E-state index in [1.54, 1.807) is 6.92 Å². The number of hydrogen-bond donors (Lipinski definition) is 2. The number of alkyl halides is 3. The van der Waals surface area contributed by atoms with Crippen LogP contribution in [0.4, 0.5) is 17.6 Å². The lowest BCUT2D eigenvalue weighted by molar-refractivity contribution is -0.246. The summed E-state index contributed by atoms with van der Waals surface area (Å²) in [4.78, 5) is 1.98.